The van der Waals surface area contributed by atoms with Gasteiger partial charge in [0, 0.05) is 5.57 Å². The molecular weight excluding hydrogens is 304 g/mol. The van der Waals surface area contributed by atoms with Crippen LogP contribution in [0.1, 0.15) is 37.4 Å². The second-order valence-corrected chi connectivity index (χ2v) is 5.86. The van der Waals surface area contributed by atoms with Crippen molar-refractivity contribution in [1.82, 2.24) is 0 Å². The molecule has 0 N–H and O–H groups in total. The number of carbonyl (C=O) groups excluding carboxylic acids is 2. The highest BCUT2D eigenvalue weighted by atomic mass is 16.5. The lowest BCUT2D eigenvalue weighted by Gasteiger charge is -2.21. The van der Waals surface area contributed by atoms with Gasteiger partial charge in [0.05, 0.1) is 18.2 Å². The summed E-state index contributed by atoms with van der Waals surface area (Å²) in [5, 5.41) is 0. The average molecular weight is 322 g/mol. The van der Waals surface area contributed by atoms with E-state index in [-0.39, 0.29) is 18.4 Å². The SMILES string of the molecule is COC(=O)c1ccc(/C=C2\COc3cc(C)cc(C)c3C2=O)cc1. The third-order valence-corrected chi connectivity index (χ3v) is 4.02. The normalized spacial score (nSPS) is 15.0. The van der Waals surface area contributed by atoms with E-state index in [9.17, 15) is 9.59 Å². The lowest BCUT2D eigenvalue weighted by atomic mass is 9.93. The first-order valence-corrected chi connectivity index (χ1v) is 7.67. The highest BCUT2D eigenvalue weighted by Gasteiger charge is 2.25. The van der Waals surface area contributed by atoms with E-state index in [1.807, 2.05) is 26.0 Å². The summed E-state index contributed by atoms with van der Waals surface area (Å²) in [5.41, 5.74) is 4.53. The zero-order valence-electron chi connectivity index (χ0n) is 13.9. The van der Waals surface area contributed by atoms with Crippen LogP contribution in [0.5, 0.6) is 5.75 Å². The Morgan fingerprint density at radius 3 is 2.54 bits per heavy atom. The predicted octanol–water partition coefficient (Wildman–Crippen LogP) is 3.75. The van der Waals surface area contributed by atoms with Crippen LogP contribution in [0.15, 0.2) is 42.0 Å². The smallest absolute Gasteiger partial charge is 0.337 e. The number of ketones is 1. The number of Topliss-reactive ketones (excluding diaryl/α,β-unsaturated/α-hetero) is 1. The molecule has 122 valence electrons. The van der Waals surface area contributed by atoms with Gasteiger partial charge in [-0.05, 0) is 54.8 Å². The van der Waals surface area contributed by atoms with E-state index in [0.717, 1.165) is 16.7 Å². The number of carbonyl (C=O) groups is 2. The molecule has 0 atom stereocenters. The third-order valence-electron chi connectivity index (χ3n) is 4.02. The maximum Gasteiger partial charge on any atom is 0.337 e. The number of ether oxygens (including phenoxy) is 2. The maximum atomic E-state index is 12.8. The van der Waals surface area contributed by atoms with Gasteiger partial charge in [-0.3, -0.25) is 4.79 Å². The molecular formula is C20H18O4. The Morgan fingerprint density at radius 1 is 1.17 bits per heavy atom. The number of hydrogen-bond acceptors (Lipinski definition) is 4. The summed E-state index contributed by atoms with van der Waals surface area (Å²) >= 11 is 0. The molecule has 0 aromatic heterocycles. The second kappa shape index (κ2) is 6.32. The van der Waals surface area contributed by atoms with Gasteiger partial charge in [-0.2, -0.15) is 0 Å². The fraction of sp³-hybridized carbons (Fsp3) is 0.200. The van der Waals surface area contributed by atoms with Gasteiger partial charge in [0.25, 0.3) is 0 Å². The highest BCUT2D eigenvalue weighted by Crippen LogP contribution is 2.31. The fourth-order valence-corrected chi connectivity index (χ4v) is 2.86. The van der Waals surface area contributed by atoms with E-state index in [2.05, 4.69) is 4.74 Å². The van der Waals surface area contributed by atoms with Gasteiger partial charge < -0.3 is 9.47 Å². The van der Waals surface area contributed by atoms with Gasteiger partial charge in [-0.25, -0.2) is 4.79 Å². The Bertz CT molecular complexity index is 845. The summed E-state index contributed by atoms with van der Waals surface area (Å²) in [7, 11) is 1.34. The molecule has 1 aliphatic rings. The van der Waals surface area contributed by atoms with Crippen molar-refractivity contribution in [3.05, 3.63) is 69.8 Å². The van der Waals surface area contributed by atoms with Crippen molar-refractivity contribution >= 4 is 17.8 Å². The van der Waals surface area contributed by atoms with Crippen molar-refractivity contribution in [2.24, 2.45) is 0 Å². The minimum atomic E-state index is -0.383. The molecule has 4 nitrogen and oxygen atoms in total. The summed E-state index contributed by atoms with van der Waals surface area (Å²) in [6.45, 7) is 4.14. The number of methoxy groups -OCH3 is 1. The zero-order chi connectivity index (χ0) is 17.3. The molecule has 0 amide bonds. The number of hydrogen-bond donors (Lipinski definition) is 0. The summed E-state index contributed by atoms with van der Waals surface area (Å²) in [5.74, 6) is 0.257. The molecule has 0 radical (unpaired) electrons. The van der Waals surface area contributed by atoms with E-state index in [1.54, 1.807) is 30.3 Å². The van der Waals surface area contributed by atoms with E-state index in [0.29, 0.717) is 22.4 Å². The predicted molar refractivity (Wildman–Crippen MR) is 91.5 cm³/mol. The first-order chi connectivity index (χ1) is 11.5. The lowest BCUT2D eigenvalue weighted by molar-refractivity contribution is 0.0600. The first kappa shape index (κ1) is 16.0. The second-order valence-electron chi connectivity index (χ2n) is 5.86. The van der Waals surface area contributed by atoms with Crippen LogP contribution in [-0.2, 0) is 4.74 Å². The summed E-state index contributed by atoms with van der Waals surface area (Å²) in [6, 6.07) is 10.8. The van der Waals surface area contributed by atoms with Crippen molar-refractivity contribution in [2.75, 3.05) is 13.7 Å². The minimum Gasteiger partial charge on any atom is -0.488 e. The van der Waals surface area contributed by atoms with E-state index in [1.165, 1.54) is 7.11 Å². The Hall–Kier alpha value is -2.88. The largest absolute Gasteiger partial charge is 0.488 e. The molecule has 1 heterocycles. The molecule has 0 aliphatic carbocycles. The molecule has 1 aliphatic heterocycles. The van der Waals surface area contributed by atoms with Crippen molar-refractivity contribution in [1.29, 1.82) is 0 Å². The van der Waals surface area contributed by atoms with Gasteiger partial charge in [0.15, 0.2) is 5.78 Å². The molecule has 24 heavy (non-hydrogen) atoms. The molecule has 2 aromatic rings. The van der Waals surface area contributed by atoms with Crippen molar-refractivity contribution in [3.63, 3.8) is 0 Å². The molecule has 3 rings (SSSR count). The molecule has 0 spiro atoms. The lowest BCUT2D eigenvalue weighted by Crippen LogP contribution is -2.20. The molecule has 2 aromatic carbocycles. The number of esters is 1. The molecule has 0 fully saturated rings. The van der Waals surface area contributed by atoms with Gasteiger partial charge in [0.1, 0.15) is 12.4 Å². The van der Waals surface area contributed by atoms with Crippen LogP contribution in [-0.4, -0.2) is 25.5 Å². The Balaban J connectivity index is 1.92. The van der Waals surface area contributed by atoms with Crippen LogP contribution < -0.4 is 4.74 Å². The van der Waals surface area contributed by atoms with Crippen LogP contribution in [0.2, 0.25) is 0 Å². The molecule has 0 saturated heterocycles. The average Bonchev–Trinajstić information content (AvgIpc) is 2.56. The Kier molecular flexibility index (Phi) is 4.21. The van der Waals surface area contributed by atoms with Gasteiger partial charge in [-0.15, -0.1) is 0 Å². The van der Waals surface area contributed by atoms with Crippen LogP contribution in [0, 0.1) is 13.8 Å². The summed E-state index contributed by atoms with van der Waals surface area (Å²) < 4.78 is 10.4. The fourth-order valence-electron chi connectivity index (χ4n) is 2.86. The van der Waals surface area contributed by atoms with Crippen molar-refractivity contribution in [2.45, 2.75) is 13.8 Å². The van der Waals surface area contributed by atoms with E-state index >= 15 is 0 Å². The van der Waals surface area contributed by atoms with Crippen LogP contribution in [0.25, 0.3) is 6.08 Å². The standard InChI is InChI=1S/C20H18O4/c1-12-8-13(2)18-17(9-12)24-11-16(19(18)21)10-14-4-6-15(7-5-14)20(22)23-3/h4-10H,11H2,1-3H3/b16-10+. The maximum absolute atomic E-state index is 12.8. The number of aryl methyl sites for hydroxylation is 2. The van der Waals surface area contributed by atoms with Crippen molar-refractivity contribution in [3.8, 4) is 5.75 Å². The highest BCUT2D eigenvalue weighted by molar-refractivity contribution is 6.15. The van der Waals surface area contributed by atoms with Gasteiger partial charge in [-0.1, -0.05) is 18.2 Å². The van der Waals surface area contributed by atoms with Crippen molar-refractivity contribution < 1.29 is 19.1 Å². The van der Waals surface area contributed by atoms with Crippen LogP contribution >= 0.6 is 0 Å². The van der Waals surface area contributed by atoms with Gasteiger partial charge >= 0.3 is 5.97 Å². The number of fused-ring (bicyclic) bond motifs is 1. The topological polar surface area (TPSA) is 52.6 Å². The molecule has 0 saturated carbocycles. The monoisotopic (exact) mass is 322 g/mol. The van der Waals surface area contributed by atoms with E-state index < -0.39 is 0 Å². The Morgan fingerprint density at radius 2 is 1.88 bits per heavy atom. The quantitative estimate of drug-likeness (QED) is 0.624. The zero-order valence-corrected chi connectivity index (χ0v) is 13.9. The van der Waals surface area contributed by atoms with E-state index in [4.69, 9.17) is 4.74 Å². The first-order valence-electron chi connectivity index (χ1n) is 7.67. The molecule has 4 heteroatoms. The molecule has 0 bridgehead atoms. The van der Waals surface area contributed by atoms with Crippen LogP contribution in [0.3, 0.4) is 0 Å². The number of benzene rings is 2. The summed E-state index contributed by atoms with van der Waals surface area (Å²) in [4.78, 5) is 24.2. The third kappa shape index (κ3) is 2.95. The minimum absolute atomic E-state index is 0.00852. The van der Waals surface area contributed by atoms with Crippen LogP contribution in [0.4, 0.5) is 0 Å². The van der Waals surface area contributed by atoms with Gasteiger partial charge in [0.2, 0.25) is 0 Å². The molecule has 0 unspecified atom stereocenters. The summed E-state index contributed by atoms with van der Waals surface area (Å²) in [6.07, 6.45) is 1.80. The Labute approximate surface area is 140 Å². The number of rotatable bonds is 2.